The molecule has 148 valence electrons. The standard InChI is InChI=1S/C21H19N3O4S/c1-3-10-24-20(26)15-6-4-5-7-16(15)23-21(24)29-13(2)19(25)22-14-8-9-17-18(11-14)28-12-27-17/h3-9,11,13H,1,10,12H2,2H3,(H,22,25)/t13-/m0/s1. The van der Waals surface area contributed by atoms with E-state index in [1.54, 1.807) is 49.4 Å². The summed E-state index contributed by atoms with van der Waals surface area (Å²) in [5, 5.41) is 3.39. The molecule has 29 heavy (non-hydrogen) atoms. The highest BCUT2D eigenvalue weighted by Crippen LogP contribution is 2.34. The summed E-state index contributed by atoms with van der Waals surface area (Å²) in [6.45, 7) is 5.98. The van der Waals surface area contributed by atoms with Gasteiger partial charge in [-0.1, -0.05) is 30.0 Å². The van der Waals surface area contributed by atoms with Crippen LogP contribution in [0.15, 0.2) is 65.1 Å². The lowest BCUT2D eigenvalue weighted by Gasteiger charge is -2.15. The summed E-state index contributed by atoms with van der Waals surface area (Å²) in [7, 11) is 0. The lowest BCUT2D eigenvalue weighted by Crippen LogP contribution is -2.26. The van der Waals surface area contributed by atoms with Gasteiger partial charge in [-0.05, 0) is 31.2 Å². The van der Waals surface area contributed by atoms with Crippen molar-refractivity contribution in [1.29, 1.82) is 0 Å². The maximum atomic E-state index is 12.8. The maximum absolute atomic E-state index is 12.8. The number of thioether (sulfide) groups is 1. The molecule has 4 rings (SSSR count). The van der Waals surface area contributed by atoms with E-state index < -0.39 is 5.25 Å². The van der Waals surface area contributed by atoms with Crippen molar-refractivity contribution in [1.82, 2.24) is 9.55 Å². The first-order valence-electron chi connectivity index (χ1n) is 9.04. The van der Waals surface area contributed by atoms with E-state index in [1.807, 2.05) is 6.07 Å². The van der Waals surface area contributed by atoms with E-state index in [9.17, 15) is 9.59 Å². The summed E-state index contributed by atoms with van der Waals surface area (Å²) in [5.74, 6) is 1.04. The fraction of sp³-hybridized carbons (Fsp3) is 0.190. The average Bonchev–Trinajstić information content (AvgIpc) is 3.18. The Morgan fingerprint density at radius 3 is 2.93 bits per heavy atom. The number of nitrogens with zero attached hydrogens (tertiary/aromatic N) is 2. The second kappa shape index (κ2) is 8.00. The van der Waals surface area contributed by atoms with E-state index in [2.05, 4.69) is 16.9 Å². The molecule has 7 nitrogen and oxygen atoms in total. The monoisotopic (exact) mass is 409 g/mol. The van der Waals surface area contributed by atoms with Gasteiger partial charge >= 0.3 is 0 Å². The van der Waals surface area contributed by atoms with E-state index in [0.717, 1.165) is 0 Å². The van der Waals surface area contributed by atoms with Crippen LogP contribution >= 0.6 is 11.8 Å². The van der Waals surface area contributed by atoms with Crippen LogP contribution in [-0.2, 0) is 11.3 Å². The van der Waals surface area contributed by atoms with Crippen LogP contribution in [0.4, 0.5) is 5.69 Å². The Kier molecular flexibility index (Phi) is 5.26. The first-order chi connectivity index (χ1) is 14.1. The van der Waals surface area contributed by atoms with Crippen LogP contribution < -0.4 is 20.3 Å². The third-order valence-corrected chi connectivity index (χ3v) is 5.52. The van der Waals surface area contributed by atoms with E-state index >= 15 is 0 Å². The van der Waals surface area contributed by atoms with Gasteiger partial charge in [0.2, 0.25) is 12.7 Å². The predicted octanol–water partition coefficient (Wildman–Crippen LogP) is 3.43. The third-order valence-electron chi connectivity index (χ3n) is 4.43. The second-order valence-corrected chi connectivity index (χ2v) is 7.74. The first-order valence-corrected chi connectivity index (χ1v) is 9.92. The number of fused-ring (bicyclic) bond motifs is 2. The molecule has 0 spiro atoms. The van der Waals surface area contributed by atoms with E-state index in [1.165, 1.54) is 16.3 Å². The van der Waals surface area contributed by atoms with Crippen molar-refractivity contribution in [3.63, 3.8) is 0 Å². The summed E-state index contributed by atoms with van der Waals surface area (Å²) in [6.07, 6.45) is 1.64. The molecule has 1 N–H and O–H groups in total. The van der Waals surface area contributed by atoms with Crippen LogP contribution in [0.25, 0.3) is 10.9 Å². The molecular weight excluding hydrogens is 390 g/mol. The van der Waals surface area contributed by atoms with E-state index in [-0.39, 0.29) is 18.3 Å². The molecule has 1 aromatic heterocycles. The fourth-order valence-corrected chi connectivity index (χ4v) is 3.88. The zero-order valence-electron chi connectivity index (χ0n) is 15.8. The van der Waals surface area contributed by atoms with Gasteiger partial charge in [0.1, 0.15) is 0 Å². The van der Waals surface area contributed by atoms with E-state index in [0.29, 0.717) is 39.8 Å². The molecule has 3 aromatic rings. The zero-order chi connectivity index (χ0) is 20.4. The Bertz CT molecular complexity index is 1160. The summed E-state index contributed by atoms with van der Waals surface area (Å²) >= 11 is 1.23. The number of allylic oxidation sites excluding steroid dienone is 1. The number of hydrogen-bond acceptors (Lipinski definition) is 6. The van der Waals surface area contributed by atoms with Crippen molar-refractivity contribution >= 4 is 34.3 Å². The molecule has 0 bridgehead atoms. The van der Waals surface area contributed by atoms with Crippen LogP contribution in [0.1, 0.15) is 6.92 Å². The lowest BCUT2D eigenvalue weighted by molar-refractivity contribution is -0.115. The number of benzene rings is 2. The molecule has 1 atom stereocenters. The normalized spacial score (nSPS) is 13.3. The molecule has 2 heterocycles. The number of rotatable bonds is 6. The number of amides is 1. The van der Waals surface area contributed by atoms with Crippen molar-refractivity contribution in [2.75, 3.05) is 12.1 Å². The number of anilines is 1. The van der Waals surface area contributed by atoms with Gasteiger partial charge in [0, 0.05) is 18.3 Å². The fourth-order valence-electron chi connectivity index (χ4n) is 2.96. The number of carbonyl (C=O) groups excluding carboxylic acids is 1. The minimum absolute atomic E-state index is 0.152. The van der Waals surface area contributed by atoms with Crippen molar-refractivity contribution in [2.24, 2.45) is 0 Å². The number of hydrogen-bond donors (Lipinski definition) is 1. The van der Waals surface area contributed by atoms with Crippen LogP contribution in [0.5, 0.6) is 11.5 Å². The Balaban J connectivity index is 1.57. The average molecular weight is 409 g/mol. The Morgan fingerprint density at radius 2 is 2.10 bits per heavy atom. The van der Waals surface area contributed by atoms with Gasteiger partial charge in [-0.2, -0.15) is 0 Å². The highest BCUT2D eigenvalue weighted by molar-refractivity contribution is 8.00. The molecular formula is C21H19N3O4S. The molecule has 1 aliphatic rings. The number of para-hydroxylation sites is 1. The number of carbonyl (C=O) groups is 1. The van der Waals surface area contributed by atoms with Crippen molar-refractivity contribution < 1.29 is 14.3 Å². The number of nitrogens with one attached hydrogen (secondary N) is 1. The van der Waals surface area contributed by atoms with Crippen LogP contribution in [-0.4, -0.2) is 27.5 Å². The van der Waals surface area contributed by atoms with Gasteiger partial charge < -0.3 is 14.8 Å². The minimum atomic E-state index is -0.482. The molecule has 0 saturated heterocycles. The summed E-state index contributed by atoms with van der Waals surface area (Å²) in [4.78, 5) is 30.1. The smallest absolute Gasteiger partial charge is 0.262 e. The Hall–Kier alpha value is -3.26. The summed E-state index contributed by atoms with van der Waals surface area (Å²) in [5.41, 5.74) is 1.06. The van der Waals surface area contributed by atoms with Gasteiger partial charge in [-0.3, -0.25) is 14.2 Å². The highest BCUT2D eigenvalue weighted by Gasteiger charge is 2.20. The Labute approximate surface area is 171 Å². The maximum Gasteiger partial charge on any atom is 0.262 e. The minimum Gasteiger partial charge on any atom is -0.454 e. The van der Waals surface area contributed by atoms with Crippen molar-refractivity contribution in [2.45, 2.75) is 23.9 Å². The van der Waals surface area contributed by atoms with Gasteiger partial charge in [0.05, 0.1) is 16.2 Å². The SMILES string of the molecule is C=CCn1c(S[C@@H](C)C(=O)Nc2ccc3c(c2)OCO3)nc2ccccc2c1=O. The van der Waals surface area contributed by atoms with Crippen LogP contribution in [0, 0.1) is 0 Å². The topological polar surface area (TPSA) is 82.5 Å². The Morgan fingerprint density at radius 1 is 1.31 bits per heavy atom. The largest absolute Gasteiger partial charge is 0.454 e. The third kappa shape index (κ3) is 3.84. The molecule has 0 saturated carbocycles. The quantitative estimate of drug-likeness (QED) is 0.382. The molecule has 8 heteroatoms. The van der Waals surface area contributed by atoms with Gasteiger partial charge in [-0.15, -0.1) is 6.58 Å². The molecule has 0 unspecified atom stereocenters. The van der Waals surface area contributed by atoms with Crippen LogP contribution in [0.2, 0.25) is 0 Å². The van der Waals surface area contributed by atoms with Crippen molar-refractivity contribution in [3.05, 3.63) is 65.5 Å². The summed E-state index contributed by atoms with van der Waals surface area (Å²) < 4.78 is 12.1. The molecule has 0 radical (unpaired) electrons. The zero-order valence-corrected chi connectivity index (χ0v) is 16.6. The summed E-state index contributed by atoms with van der Waals surface area (Å²) in [6, 6.07) is 12.4. The molecule has 1 aliphatic heterocycles. The van der Waals surface area contributed by atoms with Crippen LogP contribution in [0.3, 0.4) is 0 Å². The lowest BCUT2D eigenvalue weighted by atomic mass is 10.2. The number of ether oxygens (including phenoxy) is 2. The highest BCUT2D eigenvalue weighted by atomic mass is 32.2. The second-order valence-electron chi connectivity index (χ2n) is 6.43. The predicted molar refractivity (Wildman–Crippen MR) is 113 cm³/mol. The van der Waals surface area contributed by atoms with Gasteiger partial charge in [0.15, 0.2) is 16.7 Å². The first kappa shape index (κ1) is 19.1. The number of aromatic nitrogens is 2. The van der Waals surface area contributed by atoms with Gasteiger partial charge in [-0.25, -0.2) is 4.98 Å². The van der Waals surface area contributed by atoms with Gasteiger partial charge in [0.25, 0.3) is 5.56 Å². The molecule has 2 aromatic carbocycles. The molecule has 1 amide bonds. The molecule has 0 aliphatic carbocycles. The molecule has 0 fully saturated rings. The van der Waals surface area contributed by atoms with E-state index in [4.69, 9.17) is 9.47 Å². The van der Waals surface area contributed by atoms with Crippen molar-refractivity contribution in [3.8, 4) is 11.5 Å².